The molecule has 3 atom stereocenters. The van der Waals surface area contributed by atoms with Crippen LogP contribution in [0.4, 0.5) is 4.79 Å². The van der Waals surface area contributed by atoms with E-state index in [9.17, 15) is 4.79 Å². The summed E-state index contributed by atoms with van der Waals surface area (Å²) in [6.45, 7) is 8.88. The number of aromatic nitrogens is 3. The van der Waals surface area contributed by atoms with Crippen molar-refractivity contribution in [3.8, 4) is 6.01 Å². The first-order valence-electron chi connectivity index (χ1n) is 10.4. The Morgan fingerprint density at radius 2 is 2.10 bits per heavy atom. The van der Waals surface area contributed by atoms with Gasteiger partial charge in [-0.1, -0.05) is 15.9 Å². The van der Waals surface area contributed by atoms with Crippen LogP contribution in [0.5, 0.6) is 6.01 Å². The summed E-state index contributed by atoms with van der Waals surface area (Å²) in [5, 5.41) is 1.02. The topological polar surface area (TPSA) is 69.5 Å². The van der Waals surface area contributed by atoms with Gasteiger partial charge in [0.15, 0.2) is 0 Å². The van der Waals surface area contributed by atoms with Gasteiger partial charge in [-0.15, -0.1) is 0 Å². The molecule has 8 heteroatoms. The Bertz CT molecular complexity index is 1150. The van der Waals surface area contributed by atoms with Gasteiger partial charge in [-0.2, -0.15) is 4.98 Å². The molecule has 7 nitrogen and oxygen atoms in total. The highest BCUT2D eigenvalue weighted by atomic mass is 79.9. The lowest BCUT2D eigenvalue weighted by molar-refractivity contribution is 0.0206. The van der Waals surface area contributed by atoms with E-state index < -0.39 is 5.60 Å². The number of hydrogen-bond donors (Lipinski definition) is 0. The summed E-state index contributed by atoms with van der Waals surface area (Å²) in [7, 11) is 0. The lowest BCUT2D eigenvalue weighted by Gasteiger charge is -2.38. The van der Waals surface area contributed by atoms with Gasteiger partial charge in [0.25, 0.3) is 6.01 Å². The number of amides is 1. The fourth-order valence-electron chi connectivity index (χ4n) is 4.74. The molecule has 1 amide bonds. The number of imidazole rings is 1. The number of halogens is 1. The zero-order valence-electron chi connectivity index (χ0n) is 17.6. The maximum atomic E-state index is 12.8. The normalized spacial score (nSPS) is 23.1. The van der Waals surface area contributed by atoms with E-state index in [0.717, 1.165) is 32.8 Å². The molecule has 1 aromatic carbocycles. The molecular formula is C22H25BrN4O3. The first-order valence-corrected chi connectivity index (χ1v) is 11.1. The van der Waals surface area contributed by atoms with Crippen LogP contribution in [0.15, 0.2) is 28.9 Å². The van der Waals surface area contributed by atoms with E-state index in [1.54, 1.807) is 6.20 Å². The number of carbonyl (C=O) groups excluding carboxylic acids is 1. The molecule has 1 aliphatic carbocycles. The van der Waals surface area contributed by atoms with Crippen molar-refractivity contribution in [2.75, 3.05) is 13.2 Å². The van der Waals surface area contributed by atoms with Crippen LogP contribution >= 0.6 is 15.9 Å². The number of pyridine rings is 1. The van der Waals surface area contributed by atoms with Crippen molar-refractivity contribution >= 4 is 44.0 Å². The minimum atomic E-state index is -0.508. The van der Waals surface area contributed by atoms with Crippen molar-refractivity contribution < 1.29 is 14.3 Å². The fraction of sp³-hybridized carbons (Fsp3) is 0.500. The Balaban J connectivity index is 1.61. The number of nitrogens with zero attached hydrogens (tertiary/aromatic N) is 4. The van der Waals surface area contributed by atoms with Crippen LogP contribution in [0.2, 0.25) is 0 Å². The highest BCUT2D eigenvalue weighted by Crippen LogP contribution is 2.52. The van der Waals surface area contributed by atoms with Crippen molar-refractivity contribution in [1.82, 2.24) is 19.4 Å². The largest absolute Gasteiger partial charge is 0.465 e. The first kappa shape index (κ1) is 19.6. The molecule has 2 saturated heterocycles. The Morgan fingerprint density at radius 3 is 2.83 bits per heavy atom. The second-order valence-corrected chi connectivity index (χ2v) is 9.95. The van der Waals surface area contributed by atoms with E-state index in [0.29, 0.717) is 25.1 Å². The van der Waals surface area contributed by atoms with Gasteiger partial charge in [0, 0.05) is 22.3 Å². The molecule has 3 aliphatic rings. The fourth-order valence-corrected chi connectivity index (χ4v) is 5.10. The lowest BCUT2D eigenvalue weighted by atomic mass is 9.79. The summed E-state index contributed by atoms with van der Waals surface area (Å²) >= 11 is 3.58. The quantitative estimate of drug-likeness (QED) is 0.540. The van der Waals surface area contributed by atoms with E-state index >= 15 is 0 Å². The van der Waals surface area contributed by atoms with E-state index in [4.69, 9.17) is 14.5 Å². The van der Waals surface area contributed by atoms with Gasteiger partial charge in [0.2, 0.25) is 0 Å². The summed E-state index contributed by atoms with van der Waals surface area (Å²) < 4.78 is 14.8. The van der Waals surface area contributed by atoms with Crippen LogP contribution in [0.25, 0.3) is 21.9 Å². The molecular weight excluding hydrogens is 448 g/mol. The van der Waals surface area contributed by atoms with Gasteiger partial charge in [0.1, 0.15) is 11.1 Å². The van der Waals surface area contributed by atoms with Crippen LogP contribution in [-0.4, -0.2) is 50.3 Å². The number of rotatable bonds is 3. The maximum Gasteiger partial charge on any atom is 0.410 e. The summed E-state index contributed by atoms with van der Waals surface area (Å²) in [5.74, 6) is 0.356. The molecule has 0 unspecified atom stereocenters. The number of fused-ring (bicyclic) bond motifs is 4. The average molecular weight is 473 g/mol. The number of ether oxygens (including phenoxy) is 2. The third kappa shape index (κ3) is 3.04. The van der Waals surface area contributed by atoms with Gasteiger partial charge in [-0.3, -0.25) is 9.55 Å². The maximum absolute atomic E-state index is 12.8. The van der Waals surface area contributed by atoms with Crippen LogP contribution in [-0.2, 0) is 4.74 Å². The molecule has 2 aliphatic heterocycles. The third-order valence-corrected chi connectivity index (χ3v) is 6.39. The van der Waals surface area contributed by atoms with E-state index in [-0.39, 0.29) is 18.2 Å². The molecule has 4 heterocycles. The van der Waals surface area contributed by atoms with E-state index in [1.165, 1.54) is 0 Å². The molecule has 158 valence electrons. The zero-order valence-corrected chi connectivity index (χ0v) is 19.1. The first-order chi connectivity index (χ1) is 14.3. The zero-order chi connectivity index (χ0) is 21.2. The molecule has 2 aromatic heterocycles. The Morgan fingerprint density at radius 1 is 1.30 bits per heavy atom. The molecule has 3 aromatic rings. The predicted molar refractivity (Wildman–Crippen MR) is 118 cm³/mol. The van der Waals surface area contributed by atoms with Crippen molar-refractivity contribution in [2.45, 2.75) is 51.8 Å². The summed E-state index contributed by atoms with van der Waals surface area (Å²) in [5.41, 5.74) is 2.21. The predicted octanol–water partition coefficient (Wildman–Crippen LogP) is 4.93. The third-order valence-electron chi connectivity index (χ3n) is 5.90. The minimum absolute atomic E-state index is 0.0804. The van der Waals surface area contributed by atoms with Gasteiger partial charge < -0.3 is 14.4 Å². The molecule has 0 radical (unpaired) electrons. The molecule has 30 heavy (non-hydrogen) atoms. The Labute approximate surface area is 183 Å². The monoisotopic (exact) mass is 472 g/mol. The smallest absolute Gasteiger partial charge is 0.410 e. The summed E-state index contributed by atoms with van der Waals surface area (Å²) in [4.78, 5) is 24.0. The van der Waals surface area contributed by atoms with Crippen molar-refractivity contribution in [3.63, 3.8) is 0 Å². The molecule has 6 rings (SSSR count). The molecule has 0 spiro atoms. The van der Waals surface area contributed by atoms with Crippen molar-refractivity contribution in [3.05, 3.63) is 28.9 Å². The minimum Gasteiger partial charge on any atom is -0.465 e. The molecule has 0 N–H and O–H groups in total. The SMILES string of the molecule is CCOc1nc2cnc3ccc(Br)cc3c2n1[C@@H]1[C@H]2C[C@@H]1N(C(=O)OC(C)(C)C)C2. The number of benzene rings is 1. The van der Waals surface area contributed by atoms with Gasteiger partial charge in [0.05, 0.1) is 35.9 Å². The average Bonchev–Trinajstić information content (AvgIpc) is 3.33. The Hall–Kier alpha value is -2.35. The number of carbonyl (C=O) groups is 1. The molecule has 3 fully saturated rings. The number of hydrogen-bond acceptors (Lipinski definition) is 5. The van der Waals surface area contributed by atoms with Crippen LogP contribution in [0, 0.1) is 5.92 Å². The Kier molecular flexibility index (Phi) is 4.47. The second kappa shape index (κ2) is 6.83. The van der Waals surface area contributed by atoms with Gasteiger partial charge >= 0.3 is 6.09 Å². The van der Waals surface area contributed by atoms with Crippen molar-refractivity contribution in [1.29, 1.82) is 0 Å². The lowest BCUT2D eigenvalue weighted by Crippen LogP contribution is -2.44. The standard InChI is InChI=1S/C22H25BrN4O3/c1-5-29-20-25-16-10-24-15-7-6-13(23)9-14(15)19(16)27(20)18-12-8-17(18)26(11-12)21(28)30-22(2,3)4/h6-7,9-10,12,17-18H,5,8,11H2,1-4H3/t12-,17-,18+/m0/s1. The highest BCUT2D eigenvalue weighted by Gasteiger charge is 2.56. The van der Waals surface area contributed by atoms with E-state index in [2.05, 4.69) is 31.5 Å². The van der Waals surface area contributed by atoms with Crippen LogP contribution in [0.3, 0.4) is 0 Å². The van der Waals surface area contributed by atoms with Crippen molar-refractivity contribution in [2.24, 2.45) is 5.92 Å². The van der Waals surface area contributed by atoms with E-state index in [1.807, 2.05) is 44.7 Å². The highest BCUT2D eigenvalue weighted by molar-refractivity contribution is 9.10. The molecule has 2 bridgehead atoms. The molecule has 1 saturated carbocycles. The van der Waals surface area contributed by atoms with Gasteiger partial charge in [-0.05, 0) is 52.3 Å². The van der Waals surface area contributed by atoms with Gasteiger partial charge in [-0.25, -0.2) is 4.79 Å². The van der Waals surface area contributed by atoms with Crippen LogP contribution < -0.4 is 4.74 Å². The van der Waals surface area contributed by atoms with Crippen LogP contribution in [0.1, 0.15) is 40.2 Å². The second-order valence-electron chi connectivity index (χ2n) is 9.04. The summed E-state index contributed by atoms with van der Waals surface area (Å²) in [6.07, 6.45) is 2.53. The summed E-state index contributed by atoms with van der Waals surface area (Å²) in [6, 6.07) is 6.85.